The van der Waals surface area contributed by atoms with Crippen molar-refractivity contribution in [3.05, 3.63) is 23.8 Å². The van der Waals surface area contributed by atoms with Crippen LogP contribution in [0.2, 0.25) is 0 Å². The van der Waals surface area contributed by atoms with E-state index in [1.807, 2.05) is 0 Å². The quantitative estimate of drug-likeness (QED) is 0.509. The Labute approximate surface area is 87.6 Å². The van der Waals surface area contributed by atoms with Crippen molar-refractivity contribution in [3.63, 3.8) is 0 Å². The van der Waals surface area contributed by atoms with Gasteiger partial charge in [-0.3, -0.25) is 14.4 Å². The minimum absolute atomic E-state index is 0.133. The summed E-state index contributed by atoms with van der Waals surface area (Å²) in [7, 11) is 0. The number of ketones is 2. The molecule has 0 N–H and O–H groups in total. The van der Waals surface area contributed by atoms with Crippen molar-refractivity contribution in [3.8, 4) is 0 Å². The number of ether oxygens (including phenoxy) is 1. The van der Waals surface area contributed by atoms with Gasteiger partial charge in [-0.15, -0.1) is 0 Å². The minimum atomic E-state index is -0.384. The molecule has 0 aromatic carbocycles. The van der Waals surface area contributed by atoms with Crippen molar-refractivity contribution in [2.45, 2.75) is 13.8 Å². The van der Waals surface area contributed by atoms with Gasteiger partial charge in [0.15, 0.2) is 11.6 Å². The summed E-state index contributed by atoms with van der Waals surface area (Å²) < 4.78 is 4.85. The Hall–Kier alpha value is -1.71. The maximum Gasteiger partial charge on any atom is 0.308 e. The number of carbonyl (C=O) groups is 3. The predicted octanol–water partition coefficient (Wildman–Crippen LogP) is 0.820. The fraction of sp³-hybridized carbons (Fsp3) is 0.364. The molecule has 0 aliphatic heterocycles. The van der Waals surface area contributed by atoms with Crippen LogP contribution < -0.4 is 0 Å². The van der Waals surface area contributed by atoms with E-state index >= 15 is 0 Å². The van der Waals surface area contributed by atoms with E-state index < -0.39 is 0 Å². The van der Waals surface area contributed by atoms with E-state index in [0.717, 1.165) is 0 Å². The molecule has 15 heavy (non-hydrogen) atoms. The predicted molar refractivity (Wildman–Crippen MR) is 53.0 cm³/mol. The molecule has 0 bridgehead atoms. The maximum absolute atomic E-state index is 11.2. The molecule has 0 aromatic heterocycles. The van der Waals surface area contributed by atoms with E-state index in [0.29, 0.717) is 0 Å². The molecule has 0 atom stereocenters. The van der Waals surface area contributed by atoms with Crippen molar-refractivity contribution in [1.29, 1.82) is 0 Å². The average Bonchev–Trinajstić information content (AvgIpc) is 2.18. The van der Waals surface area contributed by atoms with E-state index in [-0.39, 0.29) is 35.6 Å². The van der Waals surface area contributed by atoms with Crippen LogP contribution in [0.25, 0.3) is 0 Å². The third kappa shape index (κ3) is 3.16. The highest BCUT2D eigenvalue weighted by atomic mass is 16.5. The molecule has 4 nitrogen and oxygen atoms in total. The van der Waals surface area contributed by atoms with E-state index in [4.69, 9.17) is 4.74 Å². The van der Waals surface area contributed by atoms with Crippen LogP contribution in [0.3, 0.4) is 0 Å². The second-order valence-electron chi connectivity index (χ2n) is 3.53. The monoisotopic (exact) mass is 208 g/mol. The molecule has 1 aliphatic rings. The van der Waals surface area contributed by atoms with Crippen molar-refractivity contribution in [1.82, 2.24) is 0 Å². The third-order valence-electron chi connectivity index (χ3n) is 1.87. The molecular weight excluding hydrogens is 196 g/mol. The second-order valence-corrected chi connectivity index (χ2v) is 3.53. The van der Waals surface area contributed by atoms with Gasteiger partial charge in [0.1, 0.15) is 6.61 Å². The Morgan fingerprint density at radius 2 is 2.00 bits per heavy atom. The largest absolute Gasteiger partial charge is 0.460 e. The Bertz CT molecular complexity index is 361. The zero-order valence-corrected chi connectivity index (χ0v) is 8.65. The highest BCUT2D eigenvalue weighted by Gasteiger charge is 2.16. The van der Waals surface area contributed by atoms with Crippen molar-refractivity contribution in [2.24, 2.45) is 5.92 Å². The summed E-state index contributed by atoms with van der Waals surface area (Å²) in [5.74, 6) is -1.17. The molecule has 80 valence electrons. The van der Waals surface area contributed by atoms with Crippen LogP contribution in [0.15, 0.2) is 23.8 Å². The first-order valence-corrected chi connectivity index (χ1v) is 4.64. The van der Waals surface area contributed by atoms with Crippen molar-refractivity contribution < 1.29 is 19.1 Å². The lowest BCUT2D eigenvalue weighted by atomic mass is 10.0. The summed E-state index contributed by atoms with van der Waals surface area (Å²) >= 11 is 0. The smallest absolute Gasteiger partial charge is 0.308 e. The Morgan fingerprint density at radius 3 is 2.60 bits per heavy atom. The zero-order valence-electron chi connectivity index (χ0n) is 8.65. The van der Waals surface area contributed by atoms with E-state index in [2.05, 4.69) is 0 Å². The molecule has 0 heterocycles. The van der Waals surface area contributed by atoms with Crippen LogP contribution in [0.5, 0.6) is 0 Å². The molecule has 0 saturated heterocycles. The number of allylic oxidation sites excluding steroid dienone is 3. The summed E-state index contributed by atoms with van der Waals surface area (Å²) in [4.78, 5) is 33.3. The van der Waals surface area contributed by atoms with Gasteiger partial charge in [-0.25, -0.2) is 0 Å². The summed E-state index contributed by atoms with van der Waals surface area (Å²) in [5.41, 5.74) is 0.219. The lowest BCUT2D eigenvalue weighted by Crippen LogP contribution is -2.18. The first kappa shape index (κ1) is 11.4. The standard InChI is InChI=1S/C11H12O4/c1-7(2)11(14)15-6-8-5-9(12)3-4-10(8)13/h3-5,7H,6H2,1-2H3. The Balaban J connectivity index is 2.56. The highest BCUT2D eigenvalue weighted by Crippen LogP contribution is 2.07. The minimum Gasteiger partial charge on any atom is -0.460 e. The van der Waals surface area contributed by atoms with E-state index in [9.17, 15) is 14.4 Å². The average molecular weight is 208 g/mol. The second kappa shape index (κ2) is 4.68. The molecule has 4 heteroatoms. The molecular formula is C11H12O4. The topological polar surface area (TPSA) is 60.4 Å². The fourth-order valence-electron chi connectivity index (χ4n) is 0.984. The van der Waals surface area contributed by atoms with E-state index in [1.165, 1.54) is 18.2 Å². The van der Waals surface area contributed by atoms with Gasteiger partial charge in [-0.2, -0.15) is 0 Å². The first-order chi connectivity index (χ1) is 7.00. The van der Waals surface area contributed by atoms with Gasteiger partial charge in [0.2, 0.25) is 0 Å². The van der Waals surface area contributed by atoms with E-state index in [1.54, 1.807) is 13.8 Å². The summed E-state index contributed by atoms with van der Waals surface area (Å²) in [6.07, 6.45) is 3.56. The summed E-state index contributed by atoms with van der Waals surface area (Å²) in [5, 5.41) is 0. The maximum atomic E-state index is 11.2. The third-order valence-corrected chi connectivity index (χ3v) is 1.87. The van der Waals surface area contributed by atoms with Crippen LogP contribution >= 0.6 is 0 Å². The normalized spacial score (nSPS) is 15.5. The van der Waals surface area contributed by atoms with Crippen molar-refractivity contribution >= 4 is 17.5 Å². The molecule has 0 fully saturated rings. The van der Waals surface area contributed by atoms with Gasteiger partial charge >= 0.3 is 5.97 Å². The molecule has 0 aromatic rings. The highest BCUT2D eigenvalue weighted by molar-refractivity contribution is 6.17. The van der Waals surface area contributed by atoms with Gasteiger partial charge in [0.25, 0.3) is 0 Å². The van der Waals surface area contributed by atoms with Crippen molar-refractivity contribution in [2.75, 3.05) is 6.61 Å². The van der Waals surface area contributed by atoms with Gasteiger partial charge in [0, 0.05) is 5.57 Å². The van der Waals surface area contributed by atoms with Gasteiger partial charge in [-0.1, -0.05) is 13.8 Å². The molecule has 0 unspecified atom stereocenters. The zero-order chi connectivity index (χ0) is 11.4. The van der Waals surface area contributed by atoms with Gasteiger partial charge < -0.3 is 4.74 Å². The number of carbonyl (C=O) groups excluding carboxylic acids is 3. The molecule has 1 rings (SSSR count). The van der Waals surface area contributed by atoms with Gasteiger partial charge in [0.05, 0.1) is 5.92 Å². The summed E-state index contributed by atoms with van der Waals surface area (Å²) in [6.45, 7) is 3.26. The van der Waals surface area contributed by atoms with Crippen LogP contribution in [0, 0.1) is 5.92 Å². The molecule has 0 radical (unpaired) electrons. The van der Waals surface area contributed by atoms with Crippen LogP contribution in [0.4, 0.5) is 0 Å². The molecule has 0 spiro atoms. The summed E-state index contributed by atoms with van der Waals surface area (Å²) in [6, 6.07) is 0. The first-order valence-electron chi connectivity index (χ1n) is 4.64. The Kier molecular flexibility index (Phi) is 3.55. The number of esters is 1. The van der Waals surface area contributed by atoms with Crippen LogP contribution in [-0.4, -0.2) is 24.1 Å². The fourth-order valence-corrected chi connectivity index (χ4v) is 0.984. The SMILES string of the molecule is CC(C)C(=O)OCC1=CC(=O)C=CC1=O. The van der Waals surface area contributed by atoms with Crippen LogP contribution in [0.1, 0.15) is 13.8 Å². The lowest BCUT2D eigenvalue weighted by Gasteiger charge is -2.09. The molecule has 1 aliphatic carbocycles. The lowest BCUT2D eigenvalue weighted by molar-refractivity contribution is -0.146. The van der Waals surface area contributed by atoms with Crippen LogP contribution in [-0.2, 0) is 19.1 Å². The molecule has 0 saturated carbocycles. The molecule has 0 amide bonds. The number of hydrogen-bond donors (Lipinski definition) is 0. The number of rotatable bonds is 3. The van der Waals surface area contributed by atoms with Gasteiger partial charge in [-0.05, 0) is 18.2 Å². The number of hydrogen-bond acceptors (Lipinski definition) is 4. The Morgan fingerprint density at radius 1 is 1.33 bits per heavy atom.